The van der Waals surface area contributed by atoms with Crippen molar-refractivity contribution in [2.75, 3.05) is 0 Å². The summed E-state index contributed by atoms with van der Waals surface area (Å²) < 4.78 is 6.15. The van der Waals surface area contributed by atoms with E-state index in [0.29, 0.717) is 23.4 Å². The first kappa shape index (κ1) is 31.8. The van der Waals surface area contributed by atoms with E-state index in [2.05, 4.69) is 169 Å². The second-order valence-corrected chi connectivity index (χ2v) is 17.0. The van der Waals surface area contributed by atoms with Gasteiger partial charge < -0.3 is 4.57 Å². The first-order valence-electron chi connectivity index (χ1n) is 19.1. The Morgan fingerprint density at radius 3 is 2.18 bits per heavy atom. The maximum absolute atomic E-state index is 5.44. The first-order chi connectivity index (χ1) is 27.7. The van der Waals surface area contributed by atoms with Crippen molar-refractivity contribution >= 4 is 91.6 Å². The normalized spacial score (nSPS) is 14.2. The molecule has 7 aromatic carbocycles. The topological polar surface area (TPSA) is 43.6 Å². The quantitative estimate of drug-likeness (QED) is 0.180. The average Bonchev–Trinajstić information content (AvgIpc) is 3.92. The molecule has 4 aromatic heterocycles. The van der Waals surface area contributed by atoms with E-state index >= 15 is 0 Å². The Kier molecular flexibility index (Phi) is 6.98. The van der Waals surface area contributed by atoms with Crippen LogP contribution in [0, 0.1) is 5.92 Å². The minimum atomic E-state index is 0.548. The Hall–Kier alpha value is -6.47. The van der Waals surface area contributed by atoms with E-state index < -0.39 is 0 Å². The van der Waals surface area contributed by atoms with Crippen LogP contribution in [0.1, 0.15) is 17.4 Å². The van der Waals surface area contributed by atoms with Gasteiger partial charge in [0.2, 0.25) is 0 Å². The summed E-state index contributed by atoms with van der Waals surface area (Å²) in [5.74, 6) is 2.54. The molecule has 0 fully saturated rings. The molecule has 0 saturated carbocycles. The Morgan fingerprint density at radius 1 is 0.554 bits per heavy atom. The maximum atomic E-state index is 5.44. The summed E-state index contributed by atoms with van der Waals surface area (Å²) in [5.41, 5.74) is 7.67. The smallest absolute Gasteiger partial charge is 0.166 e. The van der Waals surface area contributed by atoms with E-state index in [1.165, 1.54) is 56.9 Å². The van der Waals surface area contributed by atoms with Gasteiger partial charge in [-0.2, -0.15) is 0 Å². The lowest BCUT2D eigenvalue weighted by molar-refractivity contribution is 0.728. The number of benzene rings is 7. The number of rotatable bonds is 4. The van der Waals surface area contributed by atoms with E-state index in [0.717, 1.165) is 45.2 Å². The fourth-order valence-corrected chi connectivity index (χ4v) is 11.3. The fourth-order valence-electron chi connectivity index (χ4n) is 8.82. The van der Waals surface area contributed by atoms with Gasteiger partial charge in [0.15, 0.2) is 17.5 Å². The van der Waals surface area contributed by atoms with Crippen LogP contribution < -0.4 is 0 Å². The van der Waals surface area contributed by atoms with Crippen molar-refractivity contribution in [1.82, 2.24) is 19.5 Å². The highest BCUT2D eigenvalue weighted by Crippen LogP contribution is 2.43. The zero-order chi connectivity index (χ0) is 36.9. The highest BCUT2D eigenvalue weighted by molar-refractivity contribution is 7.26. The molecule has 1 aliphatic carbocycles. The van der Waals surface area contributed by atoms with E-state index in [4.69, 9.17) is 15.0 Å². The average molecular weight is 753 g/mol. The molecule has 0 radical (unpaired) electrons. The third-order valence-electron chi connectivity index (χ3n) is 11.4. The molecule has 0 amide bonds. The van der Waals surface area contributed by atoms with Crippen LogP contribution in [0.5, 0.6) is 0 Å². The van der Waals surface area contributed by atoms with Crippen molar-refractivity contribution in [3.63, 3.8) is 0 Å². The monoisotopic (exact) mass is 752 g/mol. The Bertz CT molecular complexity index is 3430. The van der Waals surface area contributed by atoms with Crippen LogP contribution in [0.15, 0.2) is 152 Å². The molecule has 0 spiro atoms. The van der Waals surface area contributed by atoms with Gasteiger partial charge in [0, 0.05) is 62.6 Å². The van der Waals surface area contributed by atoms with Crippen molar-refractivity contribution in [2.45, 2.75) is 13.3 Å². The lowest BCUT2D eigenvalue weighted by Crippen LogP contribution is -2.02. The van der Waals surface area contributed by atoms with E-state index in [9.17, 15) is 0 Å². The maximum Gasteiger partial charge on any atom is 0.166 e. The fraction of sp³-hybridized carbons (Fsp3) is 0.0600. The Morgan fingerprint density at radius 2 is 1.25 bits per heavy atom. The molecule has 56 heavy (non-hydrogen) atoms. The zero-order valence-electron chi connectivity index (χ0n) is 30.4. The standard InChI is InChI=1S/C50H32N4S2/c1-29-23-25-34-35-26-24-31(28-45(35)56-44(34)27-29)48-51-49(38-17-10-22-43-46(38)37-15-5-7-21-42(37)55-43)53-50(52-48)39-18-9-16-36-33-14-4-6-19-41(33)54(47(36)39)40-20-8-12-30-11-2-3-13-32(30)40/h2-26,28-29H,27H2,1H3. The van der Waals surface area contributed by atoms with Gasteiger partial charge >= 0.3 is 0 Å². The summed E-state index contributed by atoms with van der Waals surface area (Å²) >= 11 is 3.71. The number of nitrogens with zero attached hydrogens (tertiary/aromatic N) is 4. The Balaban J connectivity index is 1.16. The third kappa shape index (κ3) is 4.79. The van der Waals surface area contributed by atoms with Crippen LogP contribution in [0.3, 0.4) is 0 Å². The number of para-hydroxylation sites is 2. The van der Waals surface area contributed by atoms with Crippen LogP contribution in [0.4, 0.5) is 0 Å². The van der Waals surface area contributed by atoms with Crippen LogP contribution in [0.25, 0.3) is 109 Å². The third-order valence-corrected chi connectivity index (χ3v) is 13.7. The minimum Gasteiger partial charge on any atom is -0.308 e. The first-order valence-corrected chi connectivity index (χ1v) is 20.7. The van der Waals surface area contributed by atoms with Gasteiger partial charge in [-0.1, -0.05) is 128 Å². The van der Waals surface area contributed by atoms with Crippen molar-refractivity contribution < 1.29 is 0 Å². The highest BCUT2D eigenvalue weighted by Gasteiger charge is 2.23. The Labute approximate surface area is 330 Å². The predicted octanol–water partition coefficient (Wildman–Crippen LogP) is 13.9. The summed E-state index contributed by atoms with van der Waals surface area (Å²) in [6.07, 6.45) is 5.72. The molecule has 264 valence electrons. The lowest BCUT2D eigenvalue weighted by atomic mass is 9.95. The number of hydrogen-bond donors (Lipinski definition) is 0. The zero-order valence-corrected chi connectivity index (χ0v) is 32.0. The molecule has 1 unspecified atom stereocenters. The van der Waals surface area contributed by atoms with Crippen molar-refractivity contribution in [3.05, 3.63) is 162 Å². The highest BCUT2D eigenvalue weighted by atomic mass is 32.1. The molecule has 6 heteroatoms. The summed E-state index contributed by atoms with van der Waals surface area (Å²) in [5, 5.41) is 8.44. The van der Waals surface area contributed by atoms with Gasteiger partial charge in [0.1, 0.15) is 0 Å². The lowest BCUT2D eigenvalue weighted by Gasteiger charge is -2.14. The summed E-state index contributed by atoms with van der Waals surface area (Å²) in [6.45, 7) is 2.29. The minimum absolute atomic E-state index is 0.548. The van der Waals surface area contributed by atoms with Gasteiger partial charge in [0.05, 0.1) is 16.7 Å². The molecule has 0 N–H and O–H groups in total. The summed E-state index contributed by atoms with van der Waals surface area (Å²) in [4.78, 5) is 17.6. The van der Waals surface area contributed by atoms with Crippen LogP contribution in [-0.4, -0.2) is 19.5 Å². The summed E-state index contributed by atoms with van der Waals surface area (Å²) in [7, 11) is 0. The molecule has 1 atom stereocenters. The summed E-state index contributed by atoms with van der Waals surface area (Å²) in [6, 6.07) is 52.3. The molecule has 0 aliphatic heterocycles. The molecule has 0 bridgehead atoms. The van der Waals surface area contributed by atoms with Gasteiger partial charge in [-0.05, 0) is 65.1 Å². The van der Waals surface area contributed by atoms with Crippen LogP contribution in [-0.2, 0) is 6.42 Å². The van der Waals surface area contributed by atoms with Crippen molar-refractivity contribution in [2.24, 2.45) is 5.92 Å². The van der Waals surface area contributed by atoms with Crippen LogP contribution in [0.2, 0.25) is 0 Å². The molecule has 4 nitrogen and oxygen atoms in total. The molecule has 0 saturated heterocycles. The number of hydrogen-bond acceptors (Lipinski definition) is 5. The largest absolute Gasteiger partial charge is 0.308 e. The van der Waals surface area contributed by atoms with Gasteiger partial charge in [0.25, 0.3) is 0 Å². The predicted molar refractivity (Wildman–Crippen MR) is 238 cm³/mol. The number of fused-ring (bicyclic) bond motifs is 10. The van der Waals surface area contributed by atoms with Gasteiger partial charge in [-0.15, -0.1) is 22.7 Å². The molecule has 12 rings (SSSR count). The molecular formula is C50H32N4S2. The van der Waals surface area contributed by atoms with E-state index in [-0.39, 0.29) is 0 Å². The molecule has 4 heterocycles. The van der Waals surface area contributed by atoms with Gasteiger partial charge in [-0.3, -0.25) is 0 Å². The van der Waals surface area contributed by atoms with E-state index in [1.807, 2.05) is 22.7 Å². The number of thiophene rings is 2. The second-order valence-electron chi connectivity index (χ2n) is 14.8. The molecular weight excluding hydrogens is 721 g/mol. The van der Waals surface area contributed by atoms with Crippen LogP contribution >= 0.6 is 22.7 Å². The number of allylic oxidation sites excluding steroid dienone is 1. The number of aromatic nitrogens is 4. The van der Waals surface area contributed by atoms with Crippen molar-refractivity contribution in [1.29, 1.82) is 0 Å². The molecule has 11 aromatic rings. The SMILES string of the molecule is CC1C=Cc2c(sc3cc(-c4nc(-c5cccc6sc7ccccc7c56)nc(-c5cccc6c7ccccc7n(-c7cccc8ccccc78)c56)n4)ccc23)C1. The van der Waals surface area contributed by atoms with Gasteiger partial charge in [-0.25, -0.2) is 15.0 Å². The second kappa shape index (κ2) is 12.3. The van der Waals surface area contributed by atoms with E-state index in [1.54, 1.807) is 0 Å². The van der Waals surface area contributed by atoms with Crippen molar-refractivity contribution in [3.8, 4) is 39.9 Å². The molecule has 1 aliphatic rings.